The van der Waals surface area contributed by atoms with Gasteiger partial charge in [-0.15, -0.1) is 0 Å². The Morgan fingerprint density at radius 1 is 1.07 bits per heavy atom. The number of rotatable bonds is 5. The Morgan fingerprint density at radius 3 is 2.53 bits per heavy atom. The van der Waals surface area contributed by atoms with Crippen LogP contribution < -0.4 is 4.90 Å². The number of likely N-dealkylation sites (tertiary alicyclic amines) is 1. The van der Waals surface area contributed by atoms with E-state index in [2.05, 4.69) is 35.5 Å². The first kappa shape index (κ1) is 19.7. The molecule has 2 aliphatic heterocycles. The van der Waals surface area contributed by atoms with Crippen LogP contribution >= 0.6 is 0 Å². The zero-order valence-electron chi connectivity index (χ0n) is 16.7. The summed E-state index contributed by atoms with van der Waals surface area (Å²) in [5.74, 6) is 1.38. The van der Waals surface area contributed by atoms with Crippen molar-refractivity contribution in [2.75, 3.05) is 24.6 Å². The molecule has 1 saturated carbocycles. The predicted molar refractivity (Wildman–Crippen MR) is 103 cm³/mol. The Hall–Kier alpha value is -2.20. The minimum atomic E-state index is -4.45. The van der Waals surface area contributed by atoms with Crippen molar-refractivity contribution < 1.29 is 17.9 Å². The number of imidazole rings is 1. The number of hydrogen-bond donors (Lipinski definition) is 0. The lowest BCUT2D eigenvalue weighted by Crippen LogP contribution is -2.46. The molecule has 4 heterocycles. The third kappa shape index (κ3) is 4.15. The molecule has 0 radical (unpaired) electrons. The highest BCUT2D eigenvalue weighted by Gasteiger charge is 2.39. The lowest BCUT2D eigenvalue weighted by molar-refractivity contribution is -0.141. The highest BCUT2D eigenvalue weighted by Crippen LogP contribution is 2.37. The fraction of sp³-hybridized carbons (Fsp3) is 0.650. The van der Waals surface area contributed by atoms with E-state index in [9.17, 15) is 13.2 Å². The number of piperidine rings is 1. The largest absolute Gasteiger partial charge is 0.433 e. The van der Waals surface area contributed by atoms with Crippen LogP contribution in [0, 0.1) is 0 Å². The summed E-state index contributed by atoms with van der Waals surface area (Å²) in [5, 5.41) is 0. The van der Waals surface area contributed by atoms with Gasteiger partial charge in [0.05, 0.1) is 12.3 Å². The van der Waals surface area contributed by atoms with Crippen molar-refractivity contribution in [1.29, 1.82) is 0 Å². The number of alkyl halides is 3. The highest BCUT2D eigenvalue weighted by atomic mass is 19.4. The molecule has 0 bridgehead atoms. The normalized spacial score (nSPS) is 20.9. The smallest absolute Gasteiger partial charge is 0.372 e. The summed E-state index contributed by atoms with van der Waals surface area (Å²) in [5.41, 5.74) is 0.182. The SMILES string of the molecule is FC(F)(F)c1cc(N(C2CC2)C2CCN(Cc3cn4c(n3)COCC4)CC2)ncn1. The van der Waals surface area contributed by atoms with Crippen LogP contribution in [0.25, 0.3) is 0 Å². The van der Waals surface area contributed by atoms with Gasteiger partial charge < -0.3 is 14.2 Å². The standard InChI is InChI=1S/C20H25F3N6O/c21-20(22,23)17-9-18(25-13-24-17)29(15-1-2-15)16-3-5-27(6-4-16)10-14-11-28-7-8-30-12-19(28)26-14/h9,11,13,15-16H,1-8,10,12H2. The van der Waals surface area contributed by atoms with Gasteiger partial charge in [0.25, 0.3) is 0 Å². The Kier molecular flexibility index (Phi) is 5.14. The molecule has 30 heavy (non-hydrogen) atoms. The van der Waals surface area contributed by atoms with Gasteiger partial charge >= 0.3 is 6.18 Å². The van der Waals surface area contributed by atoms with E-state index in [1.54, 1.807) is 0 Å². The number of aromatic nitrogens is 4. The van der Waals surface area contributed by atoms with Crippen LogP contribution in [0.1, 0.15) is 42.9 Å². The van der Waals surface area contributed by atoms with Gasteiger partial charge in [0.1, 0.15) is 30.3 Å². The van der Waals surface area contributed by atoms with Crippen LogP contribution in [0.2, 0.25) is 0 Å². The van der Waals surface area contributed by atoms with Crippen molar-refractivity contribution in [3.8, 4) is 0 Å². The van der Waals surface area contributed by atoms with Crippen molar-refractivity contribution in [3.05, 3.63) is 35.8 Å². The van der Waals surface area contributed by atoms with Crippen molar-refractivity contribution in [2.24, 2.45) is 0 Å². The van der Waals surface area contributed by atoms with Crippen molar-refractivity contribution in [3.63, 3.8) is 0 Å². The average molecular weight is 422 g/mol. The second-order valence-electron chi connectivity index (χ2n) is 8.30. The van der Waals surface area contributed by atoms with Gasteiger partial charge in [-0.2, -0.15) is 13.2 Å². The summed E-state index contributed by atoms with van der Waals surface area (Å²) in [7, 11) is 0. The molecule has 2 aromatic heterocycles. The molecule has 162 valence electrons. The zero-order valence-corrected chi connectivity index (χ0v) is 16.7. The van der Waals surface area contributed by atoms with Gasteiger partial charge in [-0.05, 0) is 25.7 Å². The molecule has 10 heteroatoms. The molecule has 2 aromatic rings. The minimum Gasteiger partial charge on any atom is -0.372 e. The quantitative estimate of drug-likeness (QED) is 0.739. The third-order valence-electron chi connectivity index (χ3n) is 6.10. The van der Waals surface area contributed by atoms with Crippen molar-refractivity contribution in [2.45, 2.75) is 63.6 Å². The van der Waals surface area contributed by atoms with E-state index in [0.717, 1.165) is 82.4 Å². The van der Waals surface area contributed by atoms with E-state index in [4.69, 9.17) is 4.74 Å². The first-order valence-electron chi connectivity index (χ1n) is 10.5. The summed E-state index contributed by atoms with van der Waals surface area (Å²) in [6.45, 7) is 4.72. The molecule has 0 atom stereocenters. The maximum absolute atomic E-state index is 13.1. The highest BCUT2D eigenvalue weighted by molar-refractivity contribution is 5.44. The topological polar surface area (TPSA) is 59.3 Å². The number of halogens is 3. The fourth-order valence-electron chi connectivity index (χ4n) is 4.48. The van der Waals surface area contributed by atoms with Crippen molar-refractivity contribution in [1.82, 2.24) is 24.4 Å². The second kappa shape index (κ2) is 7.81. The Balaban J connectivity index is 1.24. The first-order valence-corrected chi connectivity index (χ1v) is 10.5. The number of fused-ring (bicyclic) bond motifs is 1. The molecule has 1 aliphatic carbocycles. The van der Waals surface area contributed by atoms with E-state index < -0.39 is 11.9 Å². The van der Waals surface area contributed by atoms with Crippen LogP contribution in [-0.2, 0) is 30.6 Å². The molecule has 2 fully saturated rings. The molecule has 7 nitrogen and oxygen atoms in total. The van der Waals surface area contributed by atoms with E-state index in [1.165, 1.54) is 0 Å². The Morgan fingerprint density at radius 2 is 1.83 bits per heavy atom. The second-order valence-corrected chi connectivity index (χ2v) is 8.30. The number of hydrogen-bond acceptors (Lipinski definition) is 6. The zero-order chi connectivity index (χ0) is 20.7. The number of nitrogens with zero attached hydrogens (tertiary/aromatic N) is 6. The van der Waals surface area contributed by atoms with Crippen molar-refractivity contribution >= 4 is 5.82 Å². The van der Waals surface area contributed by atoms with Gasteiger partial charge in [0.2, 0.25) is 0 Å². The summed E-state index contributed by atoms with van der Waals surface area (Å²) in [6, 6.07) is 1.59. The van der Waals surface area contributed by atoms with Crippen LogP contribution in [0.5, 0.6) is 0 Å². The van der Waals surface area contributed by atoms with Gasteiger partial charge in [-0.25, -0.2) is 15.0 Å². The summed E-state index contributed by atoms with van der Waals surface area (Å²) >= 11 is 0. The van der Waals surface area contributed by atoms with Crippen LogP contribution in [0.4, 0.5) is 19.0 Å². The molecule has 0 N–H and O–H groups in total. The van der Waals surface area contributed by atoms with Crippen LogP contribution in [-0.4, -0.2) is 56.2 Å². The number of ether oxygens (including phenoxy) is 1. The van der Waals surface area contributed by atoms with Gasteiger partial charge in [0, 0.05) is 50.5 Å². The third-order valence-corrected chi connectivity index (χ3v) is 6.10. The van der Waals surface area contributed by atoms with E-state index in [0.29, 0.717) is 12.4 Å². The summed E-state index contributed by atoms with van der Waals surface area (Å²) < 4.78 is 46.9. The molecule has 5 rings (SSSR count). The molecular weight excluding hydrogens is 397 g/mol. The van der Waals surface area contributed by atoms with Crippen LogP contribution in [0.15, 0.2) is 18.6 Å². The molecule has 0 amide bonds. The Labute approximate surface area is 172 Å². The molecular formula is C20H25F3N6O. The van der Waals surface area contributed by atoms with E-state index >= 15 is 0 Å². The summed E-state index contributed by atoms with van der Waals surface area (Å²) in [4.78, 5) is 16.8. The maximum Gasteiger partial charge on any atom is 0.433 e. The number of anilines is 1. The average Bonchev–Trinajstić information content (AvgIpc) is 3.47. The monoisotopic (exact) mass is 422 g/mol. The molecule has 0 spiro atoms. The summed E-state index contributed by atoms with van der Waals surface area (Å²) in [6.07, 6.45) is 2.51. The minimum absolute atomic E-state index is 0.202. The van der Waals surface area contributed by atoms with Crippen LogP contribution in [0.3, 0.4) is 0 Å². The van der Waals surface area contributed by atoms with Gasteiger partial charge in [-0.1, -0.05) is 0 Å². The first-order chi connectivity index (χ1) is 14.5. The maximum atomic E-state index is 13.1. The van der Waals surface area contributed by atoms with E-state index in [-0.39, 0.29) is 12.1 Å². The molecule has 0 aromatic carbocycles. The fourth-order valence-corrected chi connectivity index (χ4v) is 4.48. The lowest BCUT2D eigenvalue weighted by Gasteiger charge is -2.39. The molecule has 1 saturated heterocycles. The molecule has 0 unspecified atom stereocenters. The lowest BCUT2D eigenvalue weighted by atomic mass is 10.0. The molecule has 3 aliphatic rings. The van der Waals surface area contributed by atoms with Gasteiger partial charge in [-0.3, -0.25) is 4.90 Å². The van der Waals surface area contributed by atoms with Gasteiger partial charge in [0.15, 0.2) is 0 Å². The predicted octanol–water partition coefficient (Wildman–Crippen LogP) is 2.86. The Bertz CT molecular complexity index is 865. The van der Waals surface area contributed by atoms with E-state index in [1.807, 2.05) is 0 Å².